The van der Waals surface area contributed by atoms with Gasteiger partial charge >= 0.3 is 5.97 Å². The molecule has 2 fully saturated rings. The highest BCUT2D eigenvalue weighted by Gasteiger charge is 2.43. The molecular weight excluding hydrogens is 346 g/mol. The van der Waals surface area contributed by atoms with Gasteiger partial charge in [0.1, 0.15) is 12.6 Å². The minimum Gasteiger partial charge on any atom is -0.467 e. The van der Waals surface area contributed by atoms with Gasteiger partial charge in [-0.15, -0.1) is 0 Å². The van der Waals surface area contributed by atoms with E-state index >= 15 is 0 Å². The van der Waals surface area contributed by atoms with Gasteiger partial charge in [-0.1, -0.05) is 40.0 Å². The van der Waals surface area contributed by atoms with Gasteiger partial charge in [-0.25, -0.2) is 4.79 Å². The number of esters is 1. The molecule has 0 unspecified atom stereocenters. The Balaban J connectivity index is 2.18. The van der Waals surface area contributed by atoms with Crippen LogP contribution in [-0.2, 0) is 19.1 Å². The normalized spacial score (nSPS) is 22.1. The van der Waals surface area contributed by atoms with Crippen molar-refractivity contribution in [2.45, 2.75) is 83.8 Å². The molecule has 2 rings (SSSR count). The lowest BCUT2D eigenvalue weighted by Gasteiger charge is -2.39. The largest absolute Gasteiger partial charge is 0.467 e. The van der Waals surface area contributed by atoms with Gasteiger partial charge in [0.25, 0.3) is 0 Å². The number of amides is 2. The Morgan fingerprint density at radius 1 is 1.11 bits per heavy atom. The highest BCUT2D eigenvalue weighted by atomic mass is 16.5. The number of hydrogen-bond acceptors (Lipinski definition) is 5. The fourth-order valence-corrected chi connectivity index (χ4v) is 4.13. The second-order valence-electron chi connectivity index (χ2n) is 8.81. The number of carbonyl (C=O) groups excluding carboxylic acids is 3. The molecule has 2 N–H and O–H groups in total. The summed E-state index contributed by atoms with van der Waals surface area (Å²) >= 11 is 0. The quantitative estimate of drug-likeness (QED) is 0.683. The van der Waals surface area contributed by atoms with Gasteiger partial charge in [0, 0.05) is 6.04 Å². The van der Waals surface area contributed by atoms with Gasteiger partial charge in [-0.05, 0) is 37.6 Å². The van der Waals surface area contributed by atoms with Crippen molar-refractivity contribution in [2.75, 3.05) is 20.2 Å². The number of methoxy groups -OCH3 is 1. The van der Waals surface area contributed by atoms with E-state index in [0.717, 1.165) is 45.1 Å². The van der Waals surface area contributed by atoms with Crippen molar-refractivity contribution in [2.24, 2.45) is 5.41 Å². The number of rotatable bonds is 6. The van der Waals surface area contributed by atoms with Crippen LogP contribution >= 0.6 is 0 Å². The molecule has 1 saturated heterocycles. The predicted molar refractivity (Wildman–Crippen MR) is 103 cm³/mol. The third-order valence-electron chi connectivity index (χ3n) is 5.48. The van der Waals surface area contributed by atoms with E-state index in [1.54, 1.807) is 0 Å². The molecule has 1 heterocycles. The highest BCUT2D eigenvalue weighted by molar-refractivity contribution is 5.92. The van der Waals surface area contributed by atoms with E-state index in [4.69, 9.17) is 4.74 Å². The molecule has 1 aliphatic heterocycles. The molecule has 1 saturated carbocycles. The van der Waals surface area contributed by atoms with Gasteiger partial charge < -0.3 is 20.3 Å². The molecule has 154 valence electrons. The molecule has 0 spiro atoms. The van der Waals surface area contributed by atoms with E-state index in [1.165, 1.54) is 18.4 Å². The minimum atomic E-state index is -0.811. The summed E-state index contributed by atoms with van der Waals surface area (Å²) < 4.78 is 4.98. The van der Waals surface area contributed by atoms with Crippen molar-refractivity contribution in [1.29, 1.82) is 0 Å². The van der Waals surface area contributed by atoms with Gasteiger partial charge in [-0.2, -0.15) is 0 Å². The van der Waals surface area contributed by atoms with Crippen molar-refractivity contribution in [3.05, 3.63) is 0 Å². The van der Waals surface area contributed by atoms with Crippen LogP contribution in [0.25, 0.3) is 0 Å². The van der Waals surface area contributed by atoms with E-state index in [9.17, 15) is 14.4 Å². The molecule has 0 bridgehead atoms. The Morgan fingerprint density at radius 3 is 2.30 bits per heavy atom. The number of nitrogens with zero attached hydrogens (tertiary/aromatic N) is 1. The molecule has 0 radical (unpaired) electrons. The smallest absolute Gasteiger partial charge is 0.329 e. The molecule has 2 atom stereocenters. The number of nitrogens with one attached hydrogen (secondary N) is 2. The first-order valence-corrected chi connectivity index (χ1v) is 10.1. The zero-order chi connectivity index (χ0) is 20.0. The third kappa shape index (κ3) is 5.92. The monoisotopic (exact) mass is 381 g/mol. The summed E-state index contributed by atoms with van der Waals surface area (Å²) in [5.41, 5.74) is -0.549. The summed E-state index contributed by atoms with van der Waals surface area (Å²) in [4.78, 5) is 39.8. The molecule has 7 nitrogen and oxygen atoms in total. The maximum Gasteiger partial charge on any atom is 0.329 e. The van der Waals surface area contributed by atoms with E-state index in [0.29, 0.717) is 0 Å². The summed E-state index contributed by atoms with van der Waals surface area (Å²) in [6, 6.07) is -0.990. The standard InChI is InChI=1S/C20H35N3O4/c1-20(2,3)17(19(26)27-4)23(18(25)15-11-8-12-21-15)13-16(24)22-14-9-6-5-7-10-14/h14-15,17,21H,5-13H2,1-4H3,(H,22,24)/t15-,17+/m0/s1. The maximum atomic E-state index is 13.2. The van der Waals surface area contributed by atoms with Gasteiger partial charge in [-0.3, -0.25) is 9.59 Å². The first-order valence-electron chi connectivity index (χ1n) is 10.1. The van der Waals surface area contributed by atoms with E-state index in [2.05, 4.69) is 10.6 Å². The third-order valence-corrected chi connectivity index (χ3v) is 5.48. The Morgan fingerprint density at radius 2 is 1.78 bits per heavy atom. The second kappa shape index (κ2) is 9.53. The summed E-state index contributed by atoms with van der Waals surface area (Å²) in [6.07, 6.45) is 7.03. The number of hydrogen-bond donors (Lipinski definition) is 2. The predicted octanol–water partition coefficient (Wildman–Crippen LogP) is 1.60. The lowest BCUT2D eigenvalue weighted by Crippen LogP contribution is -2.59. The topological polar surface area (TPSA) is 87.7 Å². The Hall–Kier alpha value is -1.63. The van der Waals surface area contributed by atoms with Crippen molar-refractivity contribution in [1.82, 2.24) is 15.5 Å². The van der Waals surface area contributed by atoms with Crippen LogP contribution in [0.3, 0.4) is 0 Å². The molecule has 1 aliphatic carbocycles. The first kappa shape index (κ1) is 21.7. The lowest BCUT2D eigenvalue weighted by molar-refractivity contribution is -0.159. The average molecular weight is 382 g/mol. The molecule has 27 heavy (non-hydrogen) atoms. The number of carbonyl (C=O) groups is 3. The fourth-order valence-electron chi connectivity index (χ4n) is 4.13. The van der Waals surface area contributed by atoms with E-state index < -0.39 is 17.4 Å². The van der Waals surface area contributed by atoms with Crippen LogP contribution in [0, 0.1) is 5.41 Å². The number of ether oxygens (including phenoxy) is 1. The molecular formula is C20H35N3O4. The van der Waals surface area contributed by atoms with Crippen LogP contribution in [0.1, 0.15) is 65.7 Å². The molecule has 0 aromatic rings. The van der Waals surface area contributed by atoms with Crippen LogP contribution < -0.4 is 10.6 Å². The van der Waals surface area contributed by atoms with Crippen LogP contribution in [0.5, 0.6) is 0 Å². The molecule has 2 aliphatic rings. The van der Waals surface area contributed by atoms with Crippen molar-refractivity contribution in [3.63, 3.8) is 0 Å². The second-order valence-corrected chi connectivity index (χ2v) is 8.81. The van der Waals surface area contributed by atoms with Gasteiger partial charge in [0.2, 0.25) is 11.8 Å². The van der Waals surface area contributed by atoms with Crippen molar-refractivity contribution < 1.29 is 19.1 Å². The molecule has 2 amide bonds. The first-order chi connectivity index (χ1) is 12.7. The SMILES string of the molecule is COC(=O)[C@@H](N(CC(=O)NC1CCCCC1)C(=O)[C@@H]1CCCN1)C(C)(C)C. The zero-order valence-electron chi connectivity index (χ0n) is 17.2. The van der Waals surface area contributed by atoms with Crippen LogP contribution in [-0.4, -0.2) is 61.0 Å². The van der Waals surface area contributed by atoms with Crippen molar-refractivity contribution in [3.8, 4) is 0 Å². The zero-order valence-corrected chi connectivity index (χ0v) is 17.2. The minimum absolute atomic E-state index is 0.120. The van der Waals surface area contributed by atoms with E-state index in [-0.39, 0.29) is 30.4 Å². The lowest BCUT2D eigenvalue weighted by atomic mass is 9.85. The highest BCUT2D eigenvalue weighted by Crippen LogP contribution is 2.27. The Kier molecular flexibility index (Phi) is 7.65. The fraction of sp³-hybridized carbons (Fsp3) is 0.850. The summed E-state index contributed by atoms with van der Waals surface area (Å²) in [5, 5.41) is 6.23. The van der Waals surface area contributed by atoms with Crippen LogP contribution in [0.15, 0.2) is 0 Å². The van der Waals surface area contributed by atoms with Crippen LogP contribution in [0.4, 0.5) is 0 Å². The Labute approximate surface area is 162 Å². The molecule has 0 aromatic carbocycles. The Bertz CT molecular complexity index is 532. The average Bonchev–Trinajstić information content (AvgIpc) is 3.14. The summed E-state index contributed by atoms with van der Waals surface area (Å²) in [7, 11) is 1.32. The summed E-state index contributed by atoms with van der Waals surface area (Å²) in [6.45, 7) is 6.31. The molecule has 7 heteroatoms. The van der Waals surface area contributed by atoms with Crippen LogP contribution in [0.2, 0.25) is 0 Å². The van der Waals surface area contributed by atoms with Gasteiger partial charge in [0.15, 0.2) is 0 Å². The van der Waals surface area contributed by atoms with Crippen molar-refractivity contribution >= 4 is 17.8 Å². The maximum absolute atomic E-state index is 13.2. The van der Waals surface area contributed by atoms with E-state index in [1.807, 2.05) is 20.8 Å². The van der Waals surface area contributed by atoms with Gasteiger partial charge in [0.05, 0.1) is 13.2 Å². The molecule has 0 aromatic heterocycles. The summed E-state index contributed by atoms with van der Waals surface area (Å²) in [5.74, 6) is -0.887.